The minimum Gasteiger partial charge on any atom is -0.101 e. The SMILES string of the molecule is CC(CN(F)F)N(F)F. The molecule has 0 heterocycles. The van der Waals surface area contributed by atoms with Crippen molar-refractivity contribution in [2.45, 2.75) is 13.0 Å². The van der Waals surface area contributed by atoms with Gasteiger partial charge in [0, 0.05) is 10.7 Å². The van der Waals surface area contributed by atoms with Crippen LogP contribution in [-0.2, 0) is 0 Å². The van der Waals surface area contributed by atoms with E-state index in [9.17, 15) is 17.9 Å². The normalized spacial score (nSPS) is 15.0. The summed E-state index contributed by atoms with van der Waals surface area (Å²) in [6.45, 7) is 0.0408. The molecule has 0 rings (SSSR count). The maximum Gasteiger partial charge on any atom is 0.0883 e. The first-order valence-corrected chi connectivity index (χ1v) is 2.24. The van der Waals surface area contributed by atoms with Gasteiger partial charge in [-0.3, -0.25) is 0 Å². The molecule has 0 fully saturated rings. The van der Waals surface area contributed by atoms with E-state index in [2.05, 4.69) is 0 Å². The molecule has 0 N–H and O–H groups in total. The molecule has 0 amide bonds. The predicted octanol–water partition coefficient (Wildman–Crippen LogP) is 1.52. The van der Waals surface area contributed by atoms with Gasteiger partial charge in [-0.2, -0.15) is 0 Å². The van der Waals surface area contributed by atoms with Crippen molar-refractivity contribution in [3.05, 3.63) is 0 Å². The number of hydrogen-bond acceptors (Lipinski definition) is 2. The Morgan fingerprint density at radius 3 is 1.78 bits per heavy atom. The Morgan fingerprint density at radius 1 is 1.22 bits per heavy atom. The average molecular weight is 146 g/mol. The Balaban J connectivity index is 3.38. The summed E-state index contributed by atoms with van der Waals surface area (Å²) in [5.41, 5.74) is 0. The van der Waals surface area contributed by atoms with Crippen LogP contribution in [0.1, 0.15) is 6.92 Å². The summed E-state index contributed by atoms with van der Waals surface area (Å²) in [5, 5.41) is -2.54. The first-order chi connectivity index (χ1) is 4.04. The lowest BCUT2D eigenvalue weighted by Crippen LogP contribution is -2.26. The van der Waals surface area contributed by atoms with Gasteiger partial charge in [0.15, 0.2) is 0 Å². The van der Waals surface area contributed by atoms with E-state index in [4.69, 9.17) is 0 Å². The third-order valence-corrected chi connectivity index (χ3v) is 0.735. The highest BCUT2D eigenvalue weighted by molar-refractivity contribution is 4.51. The van der Waals surface area contributed by atoms with Gasteiger partial charge in [-0.05, 0) is 6.92 Å². The number of halogens is 4. The summed E-state index contributed by atoms with van der Waals surface area (Å²) in [6, 6.07) is -1.43. The minimum atomic E-state index is -1.43. The molecule has 1 atom stereocenters. The lowest BCUT2D eigenvalue weighted by atomic mass is 10.4. The molecule has 0 aromatic heterocycles. The zero-order chi connectivity index (χ0) is 7.44. The maximum absolute atomic E-state index is 11.3. The third kappa shape index (κ3) is 4.16. The molecule has 0 spiro atoms. The van der Waals surface area contributed by atoms with Crippen molar-refractivity contribution < 1.29 is 17.9 Å². The van der Waals surface area contributed by atoms with E-state index in [1.807, 2.05) is 0 Å². The molecule has 0 saturated carbocycles. The molecule has 6 heteroatoms. The number of hydrogen-bond donors (Lipinski definition) is 0. The molecule has 0 aromatic carbocycles. The Kier molecular flexibility index (Phi) is 3.48. The van der Waals surface area contributed by atoms with Gasteiger partial charge >= 0.3 is 0 Å². The van der Waals surface area contributed by atoms with Crippen molar-refractivity contribution in [2.24, 2.45) is 0 Å². The van der Waals surface area contributed by atoms with Crippen molar-refractivity contribution in [3.8, 4) is 0 Å². The molecule has 0 aliphatic rings. The van der Waals surface area contributed by atoms with Gasteiger partial charge in [0.25, 0.3) is 0 Å². The van der Waals surface area contributed by atoms with Crippen LogP contribution >= 0.6 is 0 Å². The summed E-state index contributed by atoms with van der Waals surface area (Å²) in [6.07, 6.45) is 0. The standard InChI is InChI=1S/C3H6F4N2/c1-3(9(6)7)2-8(4)5/h3H,2H2,1H3. The lowest BCUT2D eigenvalue weighted by molar-refractivity contribution is -0.225. The van der Waals surface area contributed by atoms with Gasteiger partial charge in [-0.1, -0.05) is 0 Å². The summed E-state index contributed by atoms with van der Waals surface area (Å²) >= 11 is 0. The van der Waals surface area contributed by atoms with Crippen molar-refractivity contribution >= 4 is 0 Å². The summed E-state index contributed by atoms with van der Waals surface area (Å²) < 4.78 is 44.8. The van der Waals surface area contributed by atoms with E-state index in [-0.39, 0.29) is 0 Å². The van der Waals surface area contributed by atoms with Crippen LogP contribution in [0.3, 0.4) is 0 Å². The Morgan fingerprint density at radius 2 is 1.67 bits per heavy atom. The van der Waals surface area contributed by atoms with Crippen LogP contribution in [-0.4, -0.2) is 23.3 Å². The largest absolute Gasteiger partial charge is 0.101 e. The first-order valence-electron chi connectivity index (χ1n) is 2.24. The van der Waals surface area contributed by atoms with Gasteiger partial charge in [0.05, 0.1) is 12.6 Å². The molecule has 56 valence electrons. The Bertz CT molecular complexity index is 76.2. The van der Waals surface area contributed by atoms with Crippen LogP contribution in [0.15, 0.2) is 0 Å². The first kappa shape index (κ1) is 8.64. The Hall–Kier alpha value is -0.360. The molecule has 0 aliphatic carbocycles. The van der Waals surface area contributed by atoms with E-state index in [0.29, 0.717) is 0 Å². The fourth-order valence-corrected chi connectivity index (χ4v) is 0.261. The predicted molar refractivity (Wildman–Crippen MR) is 22.4 cm³/mol. The average Bonchev–Trinajstić information content (AvgIpc) is 1.63. The second kappa shape index (κ2) is 3.62. The quantitative estimate of drug-likeness (QED) is 0.440. The number of nitrogens with zero attached hydrogens (tertiary/aromatic N) is 2. The van der Waals surface area contributed by atoms with Crippen molar-refractivity contribution in [1.29, 1.82) is 0 Å². The molecule has 9 heavy (non-hydrogen) atoms. The van der Waals surface area contributed by atoms with E-state index in [0.717, 1.165) is 6.92 Å². The van der Waals surface area contributed by atoms with Gasteiger partial charge in [0.1, 0.15) is 0 Å². The van der Waals surface area contributed by atoms with Crippen molar-refractivity contribution in [3.63, 3.8) is 0 Å². The molecule has 2 nitrogen and oxygen atoms in total. The lowest BCUT2D eigenvalue weighted by Gasteiger charge is -2.09. The summed E-state index contributed by atoms with van der Waals surface area (Å²) in [4.78, 5) is 0. The minimum absolute atomic E-state index is 0.951. The Labute approximate surface area is 49.4 Å². The highest BCUT2D eigenvalue weighted by atomic mass is 19.4. The monoisotopic (exact) mass is 146 g/mol. The molecular weight excluding hydrogens is 140 g/mol. The zero-order valence-corrected chi connectivity index (χ0v) is 4.69. The fraction of sp³-hybridized carbons (Fsp3) is 1.00. The molecule has 0 radical (unpaired) electrons. The van der Waals surface area contributed by atoms with E-state index < -0.39 is 23.3 Å². The molecular formula is C3H6F4N2. The highest BCUT2D eigenvalue weighted by Crippen LogP contribution is 2.02. The number of rotatable bonds is 3. The molecule has 0 saturated heterocycles. The van der Waals surface area contributed by atoms with Crippen LogP contribution in [0.4, 0.5) is 17.9 Å². The van der Waals surface area contributed by atoms with Gasteiger partial charge in [0.2, 0.25) is 0 Å². The third-order valence-electron chi connectivity index (χ3n) is 0.735. The smallest absolute Gasteiger partial charge is 0.0883 e. The molecule has 0 aromatic rings. The maximum atomic E-state index is 11.3. The van der Waals surface area contributed by atoms with Gasteiger partial charge < -0.3 is 0 Å². The van der Waals surface area contributed by atoms with E-state index in [1.165, 1.54) is 0 Å². The van der Waals surface area contributed by atoms with E-state index >= 15 is 0 Å². The van der Waals surface area contributed by atoms with Crippen LogP contribution in [0, 0.1) is 0 Å². The molecule has 0 bridgehead atoms. The van der Waals surface area contributed by atoms with Gasteiger partial charge in [-0.15, -0.1) is 17.9 Å². The van der Waals surface area contributed by atoms with Crippen molar-refractivity contribution in [1.82, 2.24) is 10.7 Å². The van der Waals surface area contributed by atoms with Crippen LogP contribution in [0.25, 0.3) is 0 Å². The van der Waals surface area contributed by atoms with Crippen LogP contribution in [0.2, 0.25) is 0 Å². The fourth-order valence-electron chi connectivity index (χ4n) is 0.261. The molecule has 0 aliphatic heterocycles. The van der Waals surface area contributed by atoms with Crippen LogP contribution in [0.5, 0.6) is 0 Å². The van der Waals surface area contributed by atoms with Crippen molar-refractivity contribution in [2.75, 3.05) is 6.54 Å². The van der Waals surface area contributed by atoms with Gasteiger partial charge in [-0.25, -0.2) is 0 Å². The van der Waals surface area contributed by atoms with Crippen LogP contribution < -0.4 is 0 Å². The summed E-state index contributed by atoms with van der Waals surface area (Å²) in [7, 11) is 0. The second-order valence-electron chi connectivity index (χ2n) is 1.59. The molecule has 1 unspecified atom stereocenters. The summed E-state index contributed by atoms with van der Waals surface area (Å²) in [5.74, 6) is 0. The highest BCUT2D eigenvalue weighted by Gasteiger charge is 2.15. The topological polar surface area (TPSA) is 6.48 Å². The second-order valence-corrected chi connectivity index (χ2v) is 1.59. The van der Waals surface area contributed by atoms with E-state index in [1.54, 1.807) is 0 Å². The zero-order valence-electron chi connectivity index (χ0n) is 4.69.